The molecular weight excluding hydrogens is 459 g/mol. The molecule has 0 atom stereocenters. The molecule has 0 saturated carbocycles. The van der Waals surface area contributed by atoms with Gasteiger partial charge in [0.2, 0.25) is 15.9 Å². The Hall–Kier alpha value is -2.14. The number of rotatable bonds is 6. The van der Waals surface area contributed by atoms with Crippen molar-refractivity contribution in [2.75, 3.05) is 45.0 Å². The highest BCUT2D eigenvalue weighted by atomic mass is 32.2. The monoisotopic (exact) mass is 489 g/mol. The highest BCUT2D eigenvalue weighted by Crippen LogP contribution is 2.29. The van der Waals surface area contributed by atoms with Crippen molar-refractivity contribution in [2.45, 2.75) is 38.8 Å². The van der Waals surface area contributed by atoms with Crippen molar-refractivity contribution in [3.05, 3.63) is 35.4 Å². The van der Waals surface area contributed by atoms with Gasteiger partial charge in [-0.2, -0.15) is 13.2 Å². The topological polar surface area (TPSA) is 78.0 Å². The lowest BCUT2D eigenvalue weighted by molar-refractivity contribution is -0.138. The largest absolute Gasteiger partial charge is 0.416 e. The number of unbranched alkanes of at least 4 members (excludes halogenated alkanes) is 1. The van der Waals surface area contributed by atoms with Gasteiger partial charge in [0.1, 0.15) is 0 Å². The predicted molar refractivity (Wildman–Crippen MR) is 117 cm³/mol. The number of halogens is 3. The molecule has 2 fully saturated rings. The molecule has 0 radical (unpaired) electrons. The second kappa shape index (κ2) is 10.4. The maximum atomic E-state index is 12.9. The molecule has 2 heterocycles. The van der Waals surface area contributed by atoms with Gasteiger partial charge in [-0.05, 0) is 43.5 Å². The van der Waals surface area contributed by atoms with Crippen LogP contribution in [-0.2, 0) is 21.0 Å². The third kappa shape index (κ3) is 6.26. The van der Waals surface area contributed by atoms with Crippen LogP contribution in [0.4, 0.5) is 13.2 Å². The van der Waals surface area contributed by atoms with E-state index >= 15 is 0 Å². The first-order chi connectivity index (χ1) is 15.5. The molecule has 2 amide bonds. The summed E-state index contributed by atoms with van der Waals surface area (Å²) in [7, 11) is -3.27. The molecule has 0 unspecified atom stereocenters. The summed E-state index contributed by atoms with van der Waals surface area (Å²) in [5, 5.41) is 0. The van der Waals surface area contributed by atoms with Crippen molar-refractivity contribution < 1.29 is 31.2 Å². The Labute approximate surface area is 192 Å². The zero-order chi connectivity index (χ0) is 24.2. The van der Waals surface area contributed by atoms with Gasteiger partial charge < -0.3 is 9.80 Å². The summed E-state index contributed by atoms with van der Waals surface area (Å²) in [6.45, 7) is 3.92. The molecule has 3 rings (SSSR count). The lowest BCUT2D eigenvalue weighted by Gasteiger charge is -2.38. The van der Waals surface area contributed by atoms with Crippen LogP contribution in [-0.4, -0.2) is 79.4 Å². The molecule has 0 aromatic heterocycles. The molecular formula is C22H30F3N3O4S. The SMILES string of the molecule is CCCCS(=O)(=O)N1CCC(C(=O)N2CCN(C(=O)c3ccc(C(F)(F)F)cc3)CC2)CC1. The number of nitrogens with zero attached hydrogens (tertiary/aromatic N) is 3. The molecule has 0 aliphatic carbocycles. The Kier molecular flexibility index (Phi) is 8.04. The number of benzene rings is 1. The fourth-order valence-electron chi connectivity index (χ4n) is 4.21. The maximum Gasteiger partial charge on any atom is 0.416 e. The zero-order valence-corrected chi connectivity index (χ0v) is 19.5. The Morgan fingerprint density at radius 3 is 2.00 bits per heavy atom. The van der Waals surface area contributed by atoms with Crippen LogP contribution in [0.5, 0.6) is 0 Å². The number of carbonyl (C=O) groups is 2. The molecule has 0 spiro atoms. The van der Waals surface area contributed by atoms with Crippen molar-refractivity contribution >= 4 is 21.8 Å². The number of amides is 2. The Bertz CT molecular complexity index is 935. The van der Waals surface area contributed by atoms with Crippen LogP contribution >= 0.6 is 0 Å². The van der Waals surface area contributed by atoms with E-state index in [-0.39, 0.29) is 29.0 Å². The van der Waals surface area contributed by atoms with E-state index in [0.717, 1.165) is 18.6 Å². The number of carbonyl (C=O) groups excluding carboxylic acids is 2. The Morgan fingerprint density at radius 2 is 1.48 bits per heavy atom. The average molecular weight is 490 g/mol. The van der Waals surface area contributed by atoms with Crippen LogP contribution in [0.15, 0.2) is 24.3 Å². The fourth-order valence-corrected chi connectivity index (χ4v) is 5.89. The maximum absolute atomic E-state index is 12.9. The zero-order valence-electron chi connectivity index (χ0n) is 18.7. The third-order valence-corrected chi connectivity index (χ3v) is 8.25. The molecule has 2 aliphatic heterocycles. The summed E-state index contributed by atoms with van der Waals surface area (Å²) in [5.41, 5.74) is -0.627. The normalized spacial score (nSPS) is 19.0. The molecule has 184 valence electrons. The molecule has 11 heteroatoms. The number of alkyl halides is 3. The number of sulfonamides is 1. The number of piperazine rings is 1. The first-order valence-electron chi connectivity index (χ1n) is 11.3. The second-order valence-corrected chi connectivity index (χ2v) is 10.6. The number of hydrogen-bond acceptors (Lipinski definition) is 4. The van der Waals surface area contributed by atoms with E-state index in [1.807, 2.05) is 6.92 Å². The molecule has 7 nitrogen and oxygen atoms in total. The number of hydrogen-bond donors (Lipinski definition) is 0. The number of piperidine rings is 1. The molecule has 2 saturated heterocycles. The minimum atomic E-state index is -4.45. The second-order valence-electron chi connectivity index (χ2n) is 8.54. The third-order valence-electron chi connectivity index (χ3n) is 6.29. The molecule has 1 aromatic carbocycles. The van der Waals surface area contributed by atoms with Gasteiger partial charge in [0.05, 0.1) is 11.3 Å². The van der Waals surface area contributed by atoms with Gasteiger partial charge >= 0.3 is 6.18 Å². The molecule has 0 N–H and O–H groups in total. The molecule has 1 aromatic rings. The van der Waals surface area contributed by atoms with Crippen LogP contribution in [0.1, 0.15) is 48.5 Å². The minimum Gasteiger partial charge on any atom is -0.339 e. The van der Waals surface area contributed by atoms with Gasteiger partial charge in [-0.15, -0.1) is 0 Å². The first-order valence-corrected chi connectivity index (χ1v) is 12.9. The highest BCUT2D eigenvalue weighted by molar-refractivity contribution is 7.89. The van der Waals surface area contributed by atoms with Gasteiger partial charge in [0, 0.05) is 50.7 Å². The molecule has 2 aliphatic rings. The van der Waals surface area contributed by atoms with Gasteiger partial charge in [0.15, 0.2) is 0 Å². The standard InChI is InChI=1S/C22H30F3N3O4S/c1-2-3-16-33(31,32)28-10-8-18(9-11-28)21(30)27-14-12-26(13-15-27)20(29)17-4-6-19(7-5-17)22(23,24)25/h4-7,18H,2-3,8-16H2,1H3. The van der Waals surface area contributed by atoms with Gasteiger partial charge in [-0.3, -0.25) is 9.59 Å². The van der Waals surface area contributed by atoms with E-state index in [4.69, 9.17) is 0 Å². The lowest BCUT2D eigenvalue weighted by atomic mass is 9.96. The van der Waals surface area contributed by atoms with E-state index < -0.39 is 21.8 Å². The van der Waals surface area contributed by atoms with Crippen molar-refractivity contribution in [3.8, 4) is 0 Å². The van der Waals surface area contributed by atoms with Crippen molar-refractivity contribution in [2.24, 2.45) is 5.92 Å². The lowest BCUT2D eigenvalue weighted by Crippen LogP contribution is -2.53. The summed E-state index contributed by atoms with van der Waals surface area (Å²) in [5.74, 6) is -0.486. The van der Waals surface area contributed by atoms with Crippen molar-refractivity contribution in [1.29, 1.82) is 0 Å². The first kappa shape index (κ1) is 25.5. The molecule has 33 heavy (non-hydrogen) atoms. The summed E-state index contributed by atoms with van der Waals surface area (Å²) in [6.07, 6.45) is -2.06. The van der Waals surface area contributed by atoms with Crippen molar-refractivity contribution in [3.63, 3.8) is 0 Å². The van der Waals surface area contributed by atoms with E-state index in [1.165, 1.54) is 21.3 Å². The quantitative estimate of drug-likeness (QED) is 0.616. The van der Waals surface area contributed by atoms with E-state index in [9.17, 15) is 31.2 Å². The predicted octanol–water partition coefficient (Wildman–Crippen LogP) is 2.83. The van der Waals surface area contributed by atoms with Crippen LogP contribution < -0.4 is 0 Å². The summed E-state index contributed by atoms with van der Waals surface area (Å²) < 4.78 is 64.3. The Balaban J connectivity index is 1.49. The summed E-state index contributed by atoms with van der Waals surface area (Å²) in [4.78, 5) is 28.8. The van der Waals surface area contributed by atoms with E-state index in [1.54, 1.807) is 4.90 Å². The van der Waals surface area contributed by atoms with Crippen LogP contribution in [0.25, 0.3) is 0 Å². The van der Waals surface area contributed by atoms with Crippen LogP contribution in [0.3, 0.4) is 0 Å². The van der Waals surface area contributed by atoms with Crippen LogP contribution in [0.2, 0.25) is 0 Å². The molecule has 0 bridgehead atoms. The van der Waals surface area contributed by atoms with E-state index in [2.05, 4.69) is 0 Å². The fraction of sp³-hybridized carbons (Fsp3) is 0.636. The summed E-state index contributed by atoms with van der Waals surface area (Å²) in [6, 6.07) is 4.12. The Morgan fingerprint density at radius 1 is 0.939 bits per heavy atom. The van der Waals surface area contributed by atoms with Gasteiger partial charge in [-0.25, -0.2) is 12.7 Å². The highest BCUT2D eigenvalue weighted by Gasteiger charge is 2.35. The summed E-state index contributed by atoms with van der Waals surface area (Å²) >= 11 is 0. The average Bonchev–Trinajstić information content (AvgIpc) is 2.81. The van der Waals surface area contributed by atoms with Gasteiger partial charge in [0.25, 0.3) is 5.91 Å². The van der Waals surface area contributed by atoms with Gasteiger partial charge in [-0.1, -0.05) is 13.3 Å². The van der Waals surface area contributed by atoms with E-state index in [0.29, 0.717) is 58.5 Å². The smallest absolute Gasteiger partial charge is 0.339 e. The van der Waals surface area contributed by atoms with Crippen LogP contribution in [0, 0.1) is 5.92 Å². The van der Waals surface area contributed by atoms with Crippen molar-refractivity contribution in [1.82, 2.24) is 14.1 Å². The minimum absolute atomic E-state index is 0.0257.